The third kappa shape index (κ3) is 6.58. The maximum atomic E-state index is 10.7. The highest BCUT2D eigenvalue weighted by Crippen LogP contribution is 1.99. The Balaban J connectivity index is 4.03. The number of nitrogens with one attached hydrogen (secondary N) is 1. The molecule has 0 spiro atoms. The fourth-order valence-electron chi connectivity index (χ4n) is 1.01. The highest BCUT2D eigenvalue weighted by Gasteiger charge is 2.16. The summed E-state index contributed by atoms with van der Waals surface area (Å²) in [5, 5.41) is 11.0. The molecule has 2 N–H and O–H groups in total. The molecule has 1 amide bonds. The Labute approximate surface area is 93.3 Å². The smallest absolute Gasteiger partial charge is 0.330 e. The zero-order chi connectivity index (χ0) is 12.6. The van der Waals surface area contributed by atoms with Crippen LogP contribution in [0.3, 0.4) is 0 Å². The second-order valence-electron chi connectivity index (χ2n) is 3.09. The molecular formula is C10H15NO5. The van der Waals surface area contributed by atoms with E-state index < -0.39 is 23.9 Å². The van der Waals surface area contributed by atoms with Crippen LogP contribution in [-0.4, -0.2) is 36.1 Å². The molecule has 0 unspecified atom stereocenters. The van der Waals surface area contributed by atoms with Crippen LogP contribution >= 0.6 is 0 Å². The molecule has 0 heterocycles. The van der Waals surface area contributed by atoms with Crippen molar-refractivity contribution in [3.8, 4) is 0 Å². The van der Waals surface area contributed by atoms with Crippen molar-refractivity contribution in [2.75, 3.05) is 7.11 Å². The van der Waals surface area contributed by atoms with Crippen molar-refractivity contribution in [2.24, 2.45) is 0 Å². The van der Waals surface area contributed by atoms with Gasteiger partial charge >= 0.3 is 11.9 Å². The highest BCUT2D eigenvalue weighted by molar-refractivity contribution is 5.82. The zero-order valence-electron chi connectivity index (χ0n) is 9.23. The number of ether oxygens (including phenoxy) is 1. The second-order valence-corrected chi connectivity index (χ2v) is 3.09. The number of allylic oxidation sites excluding steroid dienone is 1. The number of carboxylic acid groups (broad SMARTS) is 1. The van der Waals surface area contributed by atoms with Gasteiger partial charge in [-0.3, -0.25) is 4.79 Å². The molecule has 0 saturated heterocycles. The Morgan fingerprint density at radius 1 is 1.44 bits per heavy atom. The Hall–Kier alpha value is -1.85. The monoisotopic (exact) mass is 229 g/mol. The van der Waals surface area contributed by atoms with Crippen LogP contribution in [0.5, 0.6) is 0 Å². The second kappa shape index (κ2) is 7.44. The minimum absolute atomic E-state index is 0.225. The van der Waals surface area contributed by atoms with E-state index in [1.807, 2.05) is 0 Å². The first-order valence-corrected chi connectivity index (χ1v) is 4.71. The van der Waals surface area contributed by atoms with Crippen molar-refractivity contribution in [1.29, 1.82) is 0 Å². The number of amides is 1. The zero-order valence-corrected chi connectivity index (χ0v) is 9.23. The van der Waals surface area contributed by atoms with Gasteiger partial charge in [-0.15, -0.1) is 0 Å². The van der Waals surface area contributed by atoms with E-state index in [2.05, 4.69) is 10.1 Å². The van der Waals surface area contributed by atoms with Gasteiger partial charge in [-0.2, -0.15) is 0 Å². The summed E-state index contributed by atoms with van der Waals surface area (Å²) in [5.74, 6) is -1.99. The lowest BCUT2D eigenvalue weighted by Gasteiger charge is -2.11. The molecule has 6 nitrogen and oxygen atoms in total. The molecule has 0 aliphatic heterocycles. The molecule has 0 saturated carbocycles. The van der Waals surface area contributed by atoms with Crippen molar-refractivity contribution >= 4 is 17.8 Å². The van der Waals surface area contributed by atoms with Crippen molar-refractivity contribution in [2.45, 2.75) is 25.8 Å². The number of esters is 1. The number of rotatable bonds is 6. The maximum absolute atomic E-state index is 10.7. The van der Waals surface area contributed by atoms with E-state index in [-0.39, 0.29) is 6.42 Å². The number of hydrogen-bond acceptors (Lipinski definition) is 4. The van der Waals surface area contributed by atoms with Gasteiger partial charge < -0.3 is 15.2 Å². The van der Waals surface area contributed by atoms with E-state index in [4.69, 9.17) is 5.11 Å². The lowest BCUT2D eigenvalue weighted by molar-refractivity contribution is -0.141. The van der Waals surface area contributed by atoms with Crippen LogP contribution in [0, 0.1) is 0 Å². The predicted molar refractivity (Wildman–Crippen MR) is 55.6 cm³/mol. The highest BCUT2D eigenvalue weighted by atomic mass is 16.5. The van der Waals surface area contributed by atoms with Crippen molar-refractivity contribution in [1.82, 2.24) is 5.32 Å². The van der Waals surface area contributed by atoms with Gasteiger partial charge in [0.15, 0.2) is 0 Å². The summed E-state index contributed by atoms with van der Waals surface area (Å²) in [5.41, 5.74) is 0. The van der Waals surface area contributed by atoms with E-state index in [1.165, 1.54) is 26.2 Å². The Bertz CT molecular complexity index is 298. The molecule has 1 atom stereocenters. The molecule has 0 rings (SSSR count). The average Bonchev–Trinajstić information content (AvgIpc) is 2.21. The van der Waals surface area contributed by atoms with Gasteiger partial charge in [-0.25, -0.2) is 9.59 Å². The Morgan fingerprint density at radius 3 is 2.50 bits per heavy atom. The molecular weight excluding hydrogens is 214 g/mol. The molecule has 0 aliphatic rings. The predicted octanol–water partition coefficient (Wildman–Crippen LogP) is 0.0851. The molecule has 0 aliphatic carbocycles. The van der Waals surface area contributed by atoms with E-state index in [0.29, 0.717) is 6.42 Å². The lowest BCUT2D eigenvalue weighted by atomic mass is 10.1. The molecule has 6 heteroatoms. The quantitative estimate of drug-likeness (QED) is 0.497. The molecule has 0 fully saturated rings. The van der Waals surface area contributed by atoms with E-state index in [0.717, 1.165) is 0 Å². The average molecular weight is 229 g/mol. The van der Waals surface area contributed by atoms with Crippen LogP contribution in [0.4, 0.5) is 0 Å². The summed E-state index contributed by atoms with van der Waals surface area (Å²) in [4.78, 5) is 32.0. The first-order chi connectivity index (χ1) is 7.47. The summed E-state index contributed by atoms with van der Waals surface area (Å²) in [6, 6.07) is -0.931. The van der Waals surface area contributed by atoms with E-state index in [9.17, 15) is 14.4 Å². The topological polar surface area (TPSA) is 92.7 Å². The van der Waals surface area contributed by atoms with Crippen molar-refractivity contribution in [3.63, 3.8) is 0 Å². The third-order valence-electron chi connectivity index (χ3n) is 1.75. The van der Waals surface area contributed by atoms with E-state index in [1.54, 1.807) is 0 Å². The number of carbonyl (C=O) groups excluding carboxylic acids is 2. The standard InChI is InChI=1S/C10H15NO5/c1-7(12)11-8(10(14)15)5-3-4-6-9(13)16-2/h4,6,8H,3,5H2,1-2H3,(H,11,12)(H,14,15)/t8-/m0/s1. The molecule has 0 radical (unpaired) electrons. The minimum Gasteiger partial charge on any atom is -0.480 e. The van der Waals surface area contributed by atoms with Crippen LogP contribution in [0.15, 0.2) is 12.2 Å². The fraction of sp³-hybridized carbons (Fsp3) is 0.500. The van der Waals surface area contributed by atoms with Crippen LogP contribution in [-0.2, 0) is 19.1 Å². The minimum atomic E-state index is -1.10. The molecule has 16 heavy (non-hydrogen) atoms. The third-order valence-corrected chi connectivity index (χ3v) is 1.75. The normalized spacial score (nSPS) is 12.1. The maximum Gasteiger partial charge on any atom is 0.330 e. The summed E-state index contributed by atoms with van der Waals surface area (Å²) < 4.78 is 4.36. The van der Waals surface area contributed by atoms with Crippen molar-refractivity contribution < 1.29 is 24.2 Å². The van der Waals surface area contributed by atoms with Gasteiger partial charge in [-0.1, -0.05) is 6.08 Å². The van der Waals surface area contributed by atoms with Gasteiger partial charge in [-0.05, 0) is 12.8 Å². The van der Waals surface area contributed by atoms with Crippen molar-refractivity contribution in [3.05, 3.63) is 12.2 Å². The summed E-state index contributed by atoms with van der Waals surface area (Å²) >= 11 is 0. The SMILES string of the molecule is COC(=O)C=CCC[C@H](NC(C)=O)C(=O)O. The largest absolute Gasteiger partial charge is 0.480 e. The van der Waals surface area contributed by atoms with Crippen LogP contribution in [0.1, 0.15) is 19.8 Å². The van der Waals surface area contributed by atoms with Gasteiger partial charge in [0.05, 0.1) is 7.11 Å². The molecule has 0 bridgehead atoms. The van der Waals surface area contributed by atoms with Gasteiger partial charge in [0.25, 0.3) is 0 Å². The molecule has 90 valence electrons. The van der Waals surface area contributed by atoms with Gasteiger partial charge in [0, 0.05) is 13.0 Å². The first kappa shape index (κ1) is 14.2. The number of carbonyl (C=O) groups is 3. The van der Waals surface area contributed by atoms with Crippen LogP contribution in [0.2, 0.25) is 0 Å². The van der Waals surface area contributed by atoms with Gasteiger partial charge in [0.1, 0.15) is 6.04 Å². The number of hydrogen-bond donors (Lipinski definition) is 2. The Morgan fingerprint density at radius 2 is 2.06 bits per heavy atom. The summed E-state index contributed by atoms with van der Waals surface area (Å²) in [6.45, 7) is 1.25. The number of methoxy groups -OCH3 is 1. The van der Waals surface area contributed by atoms with Crippen LogP contribution in [0.25, 0.3) is 0 Å². The first-order valence-electron chi connectivity index (χ1n) is 4.71. The lowest BCUT2D eigenvalue weighted by Crippen LogP contribution is -2.39. The summed E-state index contributed by atoms with van der Waals surface area (Å²) in [7, 11) is 1.25. The summed E-state index contributed by atoms with van der Waals surface area (Å²) in [6.07, 6.45) is 3.31. The van der Waals surface area contributed by atoms with E-state index >= 15 is 0 Å². The fourth-order valence-corrected chi connectivity index (χ4v) is 1.01. The van der Waals surface area contributed by atoms with Gasteiger partial charge in [0.2, 0.25) is 5.91 Å². The molecule has 0 aromatic heterocycles. The van der Waals surface area contributed by atoms with Crippen LogP contribution < -0.4 is 5.32 Å². The Kier molecular flexibility index (Phi) is 6.58. The molecule has 0 aromatic carbocycles. The number of carboxylic acids is 1. The number of aliphatic carboxylic acids is 1. The molecule has 0 aromatic rings.